The third-order valence-electron chi connectivity index (χ3n) is 3.85. The van der Waals surface area contributed by atoms with E-state index in [-0.39, 0.29) is 12.5 Å². The summed E-state index contributed by atoms with van der Waals surface area (Å²) >= 11 is 0. The molecule has 0 aliphatic rings. The van der Waals surface area contributed by atoms with Gasteiger partial charge in [-0.3, -0.25) is 4.79 Å². The van der Waals surface area contributed by atoms with Crippen LogP contribution in [0, 0.1) is 0 Å². The SMILES string of the molecule is COc1cc(OC)c(C(=O)NCc2nc(-c3ccccc3)no2)cc1OC. The molecule has 140 valence electrons. The van der Waals surface area contributed by atoms with Crippen molar-refractivity contribution in [2.45, 2.75) is 6.54 Å². The van der Waals surface area contributed by atoms with Crippen LogP contribution in [0.15, 0.2) is 47.0 Å². The second-order valence-corrected chi connectivity index (χ2v) is 5.47. The molecule has 0 radical (unpaired) electrons. The summed E-state index contributed by atoms with van der Waals surface area (Å²) in [5.74, 6) is 1.64. The zero-order valence-electron chi connectivity index (χ0n) is 15.2. The lowest BCUT2D eigenvalue weighted by Crippen LogP contribution is -2.23. The van der Waals surface area contributed by atoms with Gasteiger partial charge in [0.15, 0.2) is 11.5 Å². The summed E-state index contributed by atoms with van der Waals surface area (Å²) in [5.41, 5.74) is 1.14. The molecule has 3 aromatic rings. The van der Waals surface area contributed by atoms with Gasteiger partial charge >= 0.3 is 0 Å². The highest BCUT2D eigenvalue weighted by atomic mass is 16.5. The van der Waals surface area contributed by atoms with Gasteiger partial charge in [-0.15, -0.1) is 0 Å². The number of amides is 1. The summed E-state index contributed by atoms with van der Waals surface area (Å²) in [7, 11) is 4.48. The molecule has 3 rings (SSSR count). The quantitative estimate of drug-likeness (QED) is 0.684. The average Bonchev–Trinajstić information content (AvgIpc) is 3.20. The first-order valence-corrected chi connectivity index (χ1v) is 8.12. The molecule has 1 N–H and O–H groups in total. The van der Waals surface area contributed by atoms with Gasteiger partial charge in [0, 0.05) is 17.7 Å². The minimum absolute atomic E-state index is 0.0795. The number of nitrogens with one attached hydrogen (secondary N) is 1. The summed E-state index contributed by atoms with van der Waals surface area (Å²) in [4.78, 5) is 16.8. The predicted octanol–water partition coefficient (Wildman–Crippen LogP) is 2.69. The molecular weight excluding hydrogens is 350 g/mol. The molecule has 0 fully saturated rings. The number of hydrogen-bond acceptors (Lipinski definition) is 7. The van der Waals surface area contributed by atoms with E-state index in [1.165, 1.54) is 21.3 Å². The van der Waals surface area contributed by atoms with Crippen LogP contribution in [0.1, 0.15) is 16.2 Å². The Labute approximate surface area is 156 Å². The maximum Gasteiger partial charge on any atom is 0.255 e. The third kappa shape index (κ3) is 4.00. The van der Waals surface area contributed by atoms with Crippen LogP contribution in [0.25, 0.3) is 11.4 Å². The molecule has 0 spiro atoms. The fourth-order valence-corrected chi connectivity index (χ4v) is 2.49. The molecule has 0 unspecified atom stereocenters. The Bertz CT molecular complexity index is 924. The number of nitrogens with zero attached hydrogens (tertiary/aromatic N) is 2. The number of carbonyl (C=O) groups excluding carboxylic acids is 1. The lowest BCUT2D eigenvalue weighted by molar-refractivity contribution is 0.0942. The van der Waals surface area contributed by atoms with Gasteiger partial charge in [-0.1, -0.05) is 35.5 Å². The number of carbonyl (C=O) groups is 1. The molecule has 8 nitrogen and oxygen atoms in total. The molecule has 0 saturated carbocycles. The first kappa shape index (κ1) is 18.2. The van der Waals surface area contributed by atoms with E-state index in [1.54, 1.807) is 12.1 Å². The van der Waals surface area contributed by atoms with E-state index in [9.17, 15) is 4.79 Å². The van der Waals surface area contributed by atoms with Gasteiger partial charge in [0.05, 0.1) is 33.4 Å². The lowest BCUT2D eigenvalue weighted by Gasteiger charge is -2.13. The topological polar surface area (TPSA) is 95.7 Å². The Balaban J connectivity index is 1.74. The monoisotopic (exact) mass is 369 g/mol. The molecule has 2 aromatic carbocycles. The van der Waals surface area contributed by atoms with Gasteiger partial charge in [0.25, 0.3) is 5.91 Å². The molecule has 0 aliphatic carbocycles. The van der Waals surface area contributed by atoms with E-state index >= 15 is 0 Å². The van der Waals surface area contributed by atoms with Crippen LogP contribution < -0.4 is 19.5 Å². The van der Waals surface area contributed by atoms with Crippen molar-refractivity contribution in [2.75, 3.05) is 21.3 Å². The molecule has 0 atom stereocenters. The van der Waals surface area contributed by atoms with Crippen molar-refractivity contribution in [1.29, 1.82) is 0 Å². The molecule has 1 heterocycles. The first-order chi connectivity index (χ1) is 13.2. The second kappa shape index (κ2) is 8.22. The van der Waals surface area contributed by atoms with Gasteiger partial charge in [-0.25, -0.2) is 0 Å². The molecular formula is C19H19N3O5. The fourth-order valence-electron chi connectivity index (χ4n) is 2.49. The van der Waals surface area contributed by atoms with Crippen LogP contribution in [-0.4, -0.2) is 37.4 Å². The smallest absolute Gasteiger partial charge is 0.255 e. The minimum Gasteiger partial charge on any atom is -0.496 e. The van der Waals surface area contributed by atoms with Crippen LogP contribution >= 0.6 is 0 Å². The Morgan fingerprint density at radius 3 is 2.33 bits per heavy atom. The van der Waals surface area contributed by atoms with Crippen molar-refractivity contribution in [3.8, 4) is 28.6 Å². The van der Waals surface area contributed by atoms with E-state index in [0.29, 0.717) is 34.5 Å². The van der Waals surface area contributed by atoms with E-state index in [1.807, 2.05) is 30.3 Å². The summed E-state index contributed by atoms with van der Waals surface area (Å²) in [6.07, 6.45) is 0. The van der Waals surface area contributed by atoms with Crippen molar-refractivity contribution in [1.82, 2.24) is 15.5 Å². The normalized spacial score (nSPS) is 10.3. The highest BCUT2D eigenvalue weighted by molar-refractivity contribution is 5.97. The van der Waals surface area contributed by atoms with Gasteiger partial charge in [-0.2, -0.15) is 4.98 Å². The van der Waals surface area contributed by atoms with Crippen LogP contribution in [0.5, 0.6) is 17.2 Å². The molecule has 1 amide bonds. The standard InChI is InChI=1S/C19H19N3O5/c1-24-14-10-16(26-3)15(25-2)9-13(14)19(23)20-11-17-21-18(22-27-17)12-7-5-4-6-8-12/h4-10H,11H2,1-3H3,(H,20,23). The number of methoxy groups -OCH3 is 3. The Morgan fingerprint density at radius 1 is 1.00 bits per heavy atom. The second-order valence-electron chi connectivity index (χ2n) is 5.47. The Morgan fingerprint density at radius 2 is 1.67 bits per heavy atom. The molecule has 0 bridgehead atoms. The van der Waals surface area contributed by atoms with Crippen molar-refractivity contribution in [2.24, 2.45) is 0 Å². The molecule has 0 saturated heterocycles. The largest absolute Gasteiger partial charge is 0.496 e. The Hall–Kier alpha value is -3.55. The Kier molecular flexibility index (Phi) is 5.55. The predicted molar refractivity (Wildman–Crippen MR) is 97.0 cm³/mol. The summed E-state index contributed by atoms with van der Waals surface area (Å²) in [6.45, 7) is 0.0795. The first-order valence-electron chi connectivity index (χ1n) is 8.12. The zero-order valence-corrected chi connectivity index (χ0v) is 15.2. The number of aromatic nitrogens is 2. The van der Waals surface area contributed by atoms with Crippen molar-refractivity contribution >= 4 is 5.91 Å². The maximum absolute atomic E-state index is 12.6. The van der Waals surface area contributed by atoms with Crippen LogP contribution in [0.2, 0.25) is 0 Å². The minimum atomic E-state index is -0.368. The van der Waals surface area contributed by atoms with E-state index in [0.717, 1.165) is 5.56 Å². The number of rotatable bonds is 7. The van der Waals surface area contributed by atoms with Gasteiger partial charge in [0.1, 0.15) is 5.75 Å². The summed E-state index contributed by atoms with van der Waals surface area (Å²) < 4.78 is 20.9. The van der Waals surface area contributed by atoms with Gasteiger partial charge < -0.3 is 24.1 Å². The van der Waals surface area contributed by atoms with Crippen molar-refractivity contribution in [3.05, 3.63) is 53.9 Å². The van der Waals surface area contributed by atoms with Crippen molar-refractivity contribution in [3.63, 3.8) is 0 Å². The summed E-state index contributed by atoms with van der Waals surface area (Å²) in [6, 6.07) is 12.6. The average molecular weight is 369 g/mol. The number of benzene rings is 2. The van der Waals surface area contributed by atoms with Crippen LogP contribution in [-0.2, 0) is 6.54 Å². The highest BCUT2D eigenvalue weighted by Crippen LogP contribution is 2.34. The molecule has 27 heavy (non-hydrogen) atoms. The van der Waals surface area contributed by atoms with Gasteiger partial charge in [0.2, 0.25) is 11.7 Å². The third-order valence-corrected chi connectivity index (χ3v) is 3.85. The van der Waals surface area contributed by atoms with E-state index in [4.69, 9.17) is 18.7 Å². The van der Waals surface area contributed by atoms with Crippen LogP contribution in [0.4, 0.5) is 0 Å². The van der Waals surface area contributed by atoms with Crippen LogP contribution in [0.3, 0.4) is 0 Å². The number of ether oxygens (including phenoxy) is 3. The molecule has 1 aromatic heterocycles. The maximum atomic E-state index is 12.6. The molecule has 0 aliphatic heterocycles. The fraction of sp³-hybridized carbons (Fsp3) is 0.211. The highest BCUT2D eigenvalue weighted by Gasteiger charge is 2.18. The number of hydrogen-bond donors (Lipinski definition) is 1. The zero-order chi connectivity index (χ0) is 19.2. The van der Waals surface area contributed by atoms with Crippen molar-refractivity contribution < 1.29 is 23.5 Å². The summed E-state index contributed by atoms with van der Waals surface area (Å²) in [5, 5.41) is 6.65. The van der Waals surface area contributed by atoms with Gasteiger partial charge in [-0.05, 0) is 0 Å². The van der Waals surface area contributed by atoms with E-state index < -0.39 is 0 Å². The lowest BCUT2D eigenvalue weighted by atomic mass is 10.1. The molecule has 8 heteroatoms. The van der Waals surface area contributed by atoms with E-state index in [2.05, 4.69) is 15.5 Å².